The van der Waals surface area contributed by atoms with Crippen LogP contribution in [0.3, 0.4) is 0 Å². The van der Waals surface area contributed by atoms with Gasteiger partial charge in [0.1, 0.15) is 48.4 Å². The van der Waals surface area contributed by atoms with Gasteiger partial charge in [0.25, 0.3) is 0 Å². The molecule has 6 heteroatoms. The summed E-state index contributed by atoms with van der Waals surface area (Å²) in [6.07, 6.45) is 0. The Bertz CT molecular complexity index is 2680. The van der Waals surface area contributed by atoms with Crippen LogP contribution in [-0.4, -0.2) is 48.4 Å². The number of hydrogen-bond acceptors (Lipinski definition) is 0. The maximum absolute atomic E-state index is 3.91. The summed E-state index contributed by atoms with van der Waals surface area (Å²) in [5, 5.41) is 0. The van der Waals surface area contributed by atoms with E-state index in [9.17, 15) is 0 Å². The molecule has 90 heavy (non-hydrogen) atoms. The zero-order valence-electron chi connectivity index (χ0n) is 64.4. The zero-order chi connectivity index (χ0) is 69.8. The maximum atomic E-state index is 3.91. The van der Waals surface area contributed by atoms with Crippen molar-refractivity contribution in [1.82, 2.24) is 0 Å². The molecule has 0 saturated heterocycles. The summed E-state index contributed by atoms with van der Waals surface area (Å²) in [6.45, 7) is 84.4. The van der Waals surface area contributed by atoms with Gasteiger partial charge in [0.05, 0.1) is 33.4 Å². The van der Waals surface area contributed by atoms with Gasteiger partial charge in [0, 0.05) is 0 Å². The summed E-state index contributed by atoms with van der Waals surface area (Å²) in [5.74, 6) is 64.2. The summed E-state index contributed by atoms with van der Waals surface area (Å²) in [4.78, 5) is 0. The lowest BCUT2D eigenvalue weighted by atomic mass is 9.87. The first-order chi connectivity index (χ1) is 41.6. The van der Waals surface area contributed by atoms with Crippen molar-refractivity contribution in [1.29, 1.82) is 0 Å². The molecule has 0 aliphatic heterocycles. The highest BCUT2D eigenvalue weighted by atomic mass is 28.3. The molecule has 486 valence electrons. The van der Waals surface area contributed by atoms with Gasteiger partial charge in [-0.15, -0.1) is 33.3 Å². The number of rotatable bonds is 18. The molecule has 0 unspecified atom stereocenters. The smallest absolute Gasteiger partial charge is 0.116 e. The average Bonchev–Trinajstić information content (AvgIpc) is 0.912. The molecule has 0 aromatic heterocycles. The quantitative estimate of drug-likeness (QED) is 0.102. The third-order valence-corrected chi connectivity index (χ3v) is 59.6. The van der Waals surface area contributed by atoms with Crippen molar-refractivity contribution >= 4 is 48.4 Å². The molecule has 1 aromatic rings. The van der Waals surface area contributed by atoms with Crippen molar-refractivity contribution < 1.29 is 0 Å². The first-order valence-corrected chi connectivity index (χ1v) is 48.4. The van der Waals surface area contributed by atoms with Crippen LogP contribution in [-0.2, 0) is 0 Å². The van der Waals surface area contributed by atoms with E-state index in [0.717, 1.165) is 0 Å². The van der Waals surface area contributed by atoms with E-state index in [2.05, 4.69) is 389 Å². The molecule has 0 aliphatic rings. The van der Waals surface area contributed by atoms with Crippen LogP contribution in [0.4, 0.5) is 0 Å². The lowest BCUT2D eigenvalue weighted by molar-refractivity contribution is 0.838. The van der Waals surface area contributed by atoms with E-state index in [-0.39, 0.29) is 0 Å². The van der Waals surface area contributed by atoms with Crippen molar-refractivity contribution in [2.24, 2.45) is 0 Å². The van der Waals surface area contributed by atoms with Crippen LogP contribution in [0.5, 0.6) is 0 Å². The molecule has 0 atom stereocenters. The molecule has 0 N–H and O–H groups in total. The van der Waals surface area contributed by atoms with Gasteiger partial charge < -0.3 is 0 Å². The molecule has 0 spiro atoms. The van der Waals surface area contributed by atoms with Crippen LogP contribution < -0.4 is 0 Å². The largest absolute Gasteiger partial charge is 0.147 e. The molecular weight excluding hydrogens is 1180 g/mol. The first kappa shape index (κ1) is 83.3. The summed E-state index contributed by atoms with van der Waals surface area (Å²) in [5.41, 5.74) is 34.7. The Morgan fingerprint density at radius 3 is 0.278 bits per heavy atom. The van der Waals surface area contributed by atoms with Crippen LogP contribution >= 0.6 is 0 Å². The van der Waals surface area contributed by atoms with E-state index in [0.29, 0.717) is 133 Å². The topological polar surface area (TPSA) is 0 Å². The fourth-order valence-electron chi connectivity index (χ4n) is 17.5. The van der Waals surface area contributed by atoms with E-state index < -0.39 is 48.4 Å². The standard InChI is InChI=1S/C84H126Si6/c1-61(2)85(62(3)4,63(5)6)55-43-37-49-79-80(50-38-44-56-86(64(7)8,65(9)10)66(11)12)82(52-40-46-58-88(70(19)20,71(21)22)72(23)24)84(54-42-48-60-90(76(31)32,77(33)34)78(35)36)83(53-41-47-59-89(73(25)26,74(27)28)75(29)30)81(79)51-39-45-57-87(67(13)14,68(15)16)69(17)18/h61-78H,1-36H3. The molecule has 0 nitrogen and oxygen atoms in total. The molecule has 0 aliphatic carbocycles. The van der Waals surface area contributed by atoms with Gasteiger partial charge in [0.2, 0.25) is 0 Å². The van der Waals surface area contributed by atoms with E-state index in [1.54, 1.807) is 0 Å². The Hall–Kier alpha value is -4.76. The molecule has 0 amide bonds. The van der Waals surface area contributed by atoms with Crippen molar-refractivity contribution in [3.63, 3.8) is 0 Å². The molecule has 1 aromatic carbocycles. The van der Waals surface area contributed by atoms with Gasteiger partial charge in [-0.25, -0.2) is 0 Å². The average molecular weight is 1300 g/mol. The fourth-order valence-corrected chi connectivity index (χ4v) is 48.4. The highest BCUT2D eigenvalue weighted by molar-refractivity contribution is 6.93. The van der Waals surface area contributed by atoms with Gasteiger partial charge in [-0.1, -0.05) is 285 Å². The minimum absolute atomic E-state index is 0.428. The number of hydrogen-bond donors (Lipinski definition) is 0. The van der Waals surface area contributed by atoms with Crippen molar-refractivity contribution in [3.05, 3.63) is 33.4 Å². The molecule has 0 bridgehead atoms. The lowest BCUT2D eigenvalue weighted by Gasteiger charge is -2.37. The monoisotopic (exact) mass is 1300 g/mol. The van der Waals surface area contributed by atoms with Crippen LogP contribution in [0.1, 0.15) is 283 Å². The van der Waals surface area contributed by atoms with Crippen LogP contribution in [0.15, 0.2) is 0 Å². The van der Waals surface area contributed by atoms with E-state index in [1.165, 1.54) is 0 Å². The minimum Gasteiger partial charge on any atom is -0.116 e. The van der Waals surface area contributed by atoms with E-state index in [4.69, 9.17) is 0 Å². The Morgan fingerprint density at radius 2 is 0.211 bits per heavy atom. The molecular formula is C84H126Si6. The Kier molecular flexibility index (Phi) is 33.4. The van der Waals surface area contributed by atoms with Gasteiger partial charge in [-0.3, -0.25) is 0 Å². The highest BCUT2D eigenvalue weighted by Gasteiger charge is 2.46. The fraction of sp³-hybridized carbons (Fsp3) is 0.643. The van der Waals surface area contributed by atoms with Gasteiger partial charge in [-0.2, -0.15) is 0 Å². The van der Waals surface area contributed by atoms with Gasteiger partial charge in [0.15, 0.2) is 0 Å². The second kappa shape index (κ2) is 36.1. The molecule has 0 fully saturated rings. The Balaban J connectivity index is 6.15. The minimum atomic E-state index is -2.19. The van der Waals surface area contributed by atoms with Crippen LogP contribution in [0.2, 0.25) is 99.7 Å². The third kappa shape index (κ3) is 18.3. The van der Waals surface area contributed by atoms with Crippen LogP contribution in [0.25, 0.3) is 0 Å². The normalized spacial score (nSPS) is 12.1. The first-order valence-electron chi connectivity index (χ1n) is 35.0. The molecule has 0 heterocycles. The SMILES string of the molecule is CC(C)[Si](C#CC#Cc1c(C#CC#C[Si](C(C)C)(C(C)C)C(C)C)c(C#CC#C[Si](C(C)C)(C(C)C)C(C)C)c(C#CC#C[Si](C(C)C)(C(C)C)C(C)C)c(C#CC#C[Si](C(C)C)(C(C)C)C(C)C)c1C#CC#C[Si](C(C)C)(C(C)C)C(C)C)(C(C)C)C(C)C. The predicted molar refractivity (Wildman–Crippen MR) is 421 cm³/mol. The summed E-state index contributed by atoms with van der Waals surface area (Å²) in [7, 11) is -13.1. The molecule has 1 rings (SSSR count). The third-order valence-electron chi connectivity index (χ3n) is 21.9. The highest BCUT2D eigenvalue weighted by Crippen LogP contribution is 2.46. The second-order valence-electron chi connectivity index (χ2n) is 31.6. The zero-order valence-corrected chi connectivity index (χ0v) is 70.4. The van der Waals surface area contributed by atoms with Crippen molar-refractivity contribution in [2.45, 2.75) is 349 Å². The summed E-state index contributed by atoms with van der Waals surface area (Å²) >= 11 is 0. The Morgan fingerprint density at radius 1 is 0.133 bits per heavy atom. The molecule has 0 radical (unpaired) electrons. The van der Waals surface area contributed by atoms with Gasteiger partial charge in [-0.05, 0) is 171 Å². The lowest BCUT2D eigenvalue weighted by Crippen LogP contribution is -2.43. The van der Waals surface area contributed by atoms with E-state index >= 15 is 0 Å². The van der Waals surface area contributed by atoms with Crippen molar-refractivity contribution in [3.8, 4) is 140 Å². The predicted octanol–water partition coefficient (Wildman–Crippen LogP) is 23.1. The Labute approximate surface area is 566 Å². The summed E-state index contributed by atoms with van der Waals surface area (Å²) < 4.78 is 0. The van der Waals surface area contributed by atoms with Gasteiger partial charge >= 0.3 is 0 Å². The maximum Gasteiger partial charge on any atom is 0.147 e. The van der Waals surface area contributed by atoms with Crippen LogP contribution in [0, 0.1) is 140 Å². The van der Waals surface area contributed by atoms with Crippen molar-refractivity contribution in [2.75, 3.05) is 0 Å². The molecule has 0 saturated carbocycles. The second-order valence-corrected chi connectivity index (χ2v) is 65.1. The summed E-state index contributed by atoms with van der Waals surface area (Å²) in [6, 6.07) is 0. The van der Waals surface area contributed by atoms with E-state index in [1.807, 2.05) is 0 Å². The number of benzene rings is 1.